The lowest BCUT2D eigenvalue weighted by molar-refractivity contribution is 0.374. The quantitative estimate of drug-likeness (QED) is 0.498. The molecular formula is C11H18IN5O. The number of hydrogen-bond donors (Lipinski definition) is 1. The Bertz CT molecular complexity index is 438. The highest BCUT2D eigenvalue weighted by molar-refractivity contribution is 14.0. The topological polar surface area (TPSA) is 80.5 Å². The Hall–Kier alpha value is -0.860. The van der Waals surface area contributed by atoms with Crippen molar-refractivity contribution in [3.8, 4) is 0 Å². The smallest absolute Gasteiger partial charge is 0.229 e. The van der Waals surface area contributed by atoms with Crippen molar-refractivity contribution in [3.63, 3.8) is 0 Å². The molecule has 0 unspecified atom stereocenters. The van der Waals surface area contributed by atoms with Crippen molar-refractivity contribution in [1.82, 2.24) is 15.0 Å². The van der Waals surface area contributed by atoms with Gasteiger partial charge in [0, 0.05) is 19.0 Å². The Morgan fingerprint density at radius 1 is 1.44 bits per heavy atom. The molecular weight excluding hydrogens is 345 g/mol. The van der Waals surface area contributed by atoms with Gasteiger partial charge < -0.3 is 15.2 Å². The molecule has 0 bridgehead atoms. The van der Waals surface area contributed by atoms with E-state index in [1.807, 2.05) is 11.9 Å². The maximum absolute atomic E-state index is 5.87. The number of hydrogen-bond acceptors (Lipinski definition) is 4. The number of nitrogens with two attached hydrogens (primary N) is 1. The van der Waals surface area contributed by atoms with E-state index in [0.717, 1.165) is 18.7 Å². The van der Waals surface area contributed by atoms with Crippen LogP contribution in [-0.4, -0.2) is 34.1 Å². The molecule has 2 fully saturated rings. The van der Waals surface area contributed by atoms with E-state index in [0.29, 0.717) is 30.3 Å². The molecule has 1 heterocycles. The third-order valence-electron chi connectivity index (χ3n) is 3.25. The van der Waals surface area contributed by atoms with Gasteiger partial charge >= 0.3 is 0 Å². The molecule has 0 aliphatic heterocycles. The van der Waals surface area contributed by atoms with Crippen LogP contribution in [0.1, 0.15) is 43.3 Å². The van der Waals surface area contributed by atoms with E-state index in [1.54, 1.807) is 0 Å². The summed E-state index contributed by atoms with van der Waals surface area (Å²) in [4.78, 5) is 10.6. The standard InChI is InChI=1S/C11H17N5O.HI/c1-16(8-4-5-8)11(12)13-6-9-14-10(17-15-9)7-2-3-7;/h7-8H,2-6H2,1H3,(H2,12,13);1H. The number of halogens is 1. The van der Waals surface area contributed by atoms with E-state index in [2.05, 4.69) is 15.1 Å². The van der Waals surface area contributed by atoms with Crippen molar-refractivity contribution in [2.75, 3.05) is 7.05 Å². The average molecular weight is 363 g/mol. The summed E-state index contributed by atoms with van der Waals surface area (Å²) in [5.41, 5.74) is 5.87. The van der Waals surface area contributed by atoms with Gasteiger partial charge in [0.05, 0.1) is 0 Å². The van der Waals surface area contributed by atoms with Gasteiger partial charge in [0.25, 0.3) is 0 Å². The second-order valence-corrected chi connectivity index (χ2v) is 4.84. The first-order valence-corrected chi connectivity index (χ1v) is 6.09. The van der Waals surface area contributed by atoms with E-state index in [9.17, 15) is 0 Å². The first-order valence-electron chi connectivity index (χ1n) is 6.09. The molecule has 18 heavy (non-hydrogen) atoms. The summed E-state index contributed by atoms with van der Waals surface area (Å²) in [6.07, 6.45) is 4.75. The van der Waals surface area contributed by atoms with Crippen LogP contribution in [-0.2, 0) is 6.54 Å². The number of aromatic nitrogens is 2. The molecule has 2 saturated carbocycles. The first kappa shape index (κ1) is 13.6. The van der Waals surface area contributed by atoms with Gasteiger partial charge in [-0.1, -0.05) is 5.16 Å². The van der Waals surface area contributed by atoms with Gasteiger partial charge in [-0.05, 0) is 25.7 Å². The van der Waals surface area contributed by atoms with Crippen LogP contribution in [0.15, 0.2) is 9.52 Å². The highest BCUT2D eigenvalue weighted by Crippen LogP contribution is 2.38. The molecule has 0 aromatic carbocycles. The maximum Gasteiger partial charge on any atom is 0.229 e. The second kappa shape index (κ2) is 5.41. The summed E-state index contributed by atoms with van der Waals surface area (Å²) in [6, 6.07) is 0.575. The van der Waals surface area contributed by atoms with Gasteiger partial charge in [-0.25, -0.2) is 4.99 Å². The van der Waals surface area contributed by atoms with E-state index in [1.165, 1.54) is 12.8 Å². The van der Waals surface area contributed by atoms with Gasteiger partial charge in [0.1, 0.15) is 6.54 Å². The lowest BCUT2D eigenvalue weighted by Crippen LogP contribution is -2.35. The van der Waals surface area contributed by atoms with Crippen LogP contribution in [0.4, 0.5) is 0 Å². The largest absolute Gasteiger partial charge is 0.370 e. The SMILES string of the molecule is CN(C(N)=NCc1noc(C2CC2)n1)C1CC1.I. The van der Waals surface area contributed by atoms with Gasteiger partial charge in [0.15, 0.2) is 11.8 Å². The Kier molecular flexibility index (Phi) is 4.08. The Morgan fingerprint density at radius 3 is 2.78 bits per heavy atom. The predicted molar refractivity (Wildman–Crippen MR) is 77.8 cm³/mol. The summed E-state index contributed by atoms with van der Waals surface area (Å²) in [5.74, 6) is 2.43. The molecule has 0 radical (unpaired) electrons. The molecule has 3 rings (SSSR count). The number of guanidine groups is 1. The minimum Gasteiger partial charge on any atom is -0.370 e. The Labute approximate surface area is 123 Å². The summed E-state index contributed by atoms with van der Waals surface area (Å²) in [7, 11) is 1.97. The molecule has 2 N–H and O–H groups in total. The van der Waals surface area contributed by atoms with Crippen molar-refractivity contribution in [3.05, 3.63) is 11.7 Å². The molecule has 0 saturated heterocycles. The summed E-state index contributed by atoms with van der Waals surface area (Å²) in [5, 5.41) is 3.90. The minimum absolute atomic E-state index is 0. The molecule has 2 aliphatic rings. The zero-order chi connectivity index (χ0) is 11.8. The Morgan fingerprint density at radius 2 is 2.17 bits per heavy atom. The minimum atomic E-state index is 0. The number of rotatable bonds is 4. The van der Waals surface area contributed by atoms with E-state index in [-0.39, 0.29) is 24.0 Å². The van der Waals surface area contributed by atoms with Crippen LogP contribution in [0.3, 0.4) is 0 Å². The highest BCUT2D eigenvalue weighted by atomic mass is 127. The lowest BCUT2D eigenvalue weighted by atomic mass is 10.4. The average Bonchev–Trinajstić information content (AvgIpc) is 3.23. The van der Waals surface area contributed by atoms with Gasteiger partial charge in [0.2, 0.25) is 5.89 Å². The molecule has 100 valence electrons. The molecule has 0 amide bonds. The molecule has 1 aromatic rings. The monoisotopic (exact) mass is 363 g/mol. The van der Waals surface area contributed by atoms with Gasteiger partial charge in [-0.3, -0.25) is 0 Å². The summed E-state index contributed by atoms with van der Waals surface area (Å²) in [6.45, 7) is 0.402. The van der Waals surface area contributed by atoms with Crippen LogP contribution in [0.2, 0.25) is 0 Å². The Balaban J connectivity index is 0.00000120. The molecule has 1 aromatic heterocycles. The fourth-order valence-electron chi connectivity index (χ4n) is 1.74. The predicted octanol–water partition coefficient (Wildman–Crippen LogP) is 1.47. The highest BCUT2D eigenvalue weighted by Gasteiger charge is 2.30. The van der Waals surface area contributed by atoms with Crippen molar-refractivity contribution in [2.45, 2.75) is 44.2 Å². The zero-order valence-corrected chi connectivity index (χ0v) is 12.7. The van der Waals surface area contributed by atoms with Gasteiger partial charge in [-0.15, -0.1) is 24.0 Å². The fourth-order valence-corrected chi connectivity index (χ4v) is 1.74. The first-order chi connectivity index (χ1) is 8.24. The summed E-state index contributed by atoms with van der Waals surface area (Å²) < 4.78 is 5.16. The fraction of sp³-hybridized carbons (Fsp3) is 0.727. The van der Waals surface area contributed by atoms with E-state index >= 15 is 0 Å². The number of aliphatic imine (C=N–C) groups is 1. The molecule has 0 spiro atoms. The van der Waals surface area contributed by atoms with Crippen molar-refractivity contribution < 1.29 is 4.52 Å². The van der Waals surface area contributed by atoms with Crippen LogP contribution in [0, 0.1) is 0 Å². The number of nitrogens with zero attached hydrogens (tertiary/aromatic N) is 4. The third-order valence-corrected chi connectivity index (χ3v) is 3.25. The summed E-state index contributed by atoms with van der Waals surface area (Å²) >= 11 is 0. The van der Waals surface area contributed by atoms with Crippen molar-refractivity contribution in [2.24, 2.45) is 10.7 Å². The molecule has 2 aliphatic carbocycles. The molecule has 6 nitrogen and oxygen atoms in total. The van der Waals surface area contributed by atoms with E-state index < -0.39 is 0 Å². The van der Waals surface area contributed by atoms with Crippen molar-refractivity contribution >= 4 is 29.9 Å². The van der Waals surface area contributed by atoms with Gasteiger partial charge in [-0.2, -0.15) is 4.98 Å². The second-order valence-electron chi connectivity index (χ2n) is 4.84. The normalized spacial score (nSPS) is 19.5. The lowest BCUT2D eigenvalue weighted by Gasteiger charge is -2.16. The zero-order valence-electron chi connectivity index (χ0n) is 10.4. The molecule has 7 heteroatoms. The van der Waals surface area contributed by atoms with E-state index in [4.69, 9.17) is 10.3 Å². The van der Waals surface area contributed by atoms with Crippen molar-refractivity contribution in [1.29, 1.82) is 0 Å². The van der Waals surface area contributed by atoms with Crippen LogP contribution >= 0.6 is 24.0 Å². The molecule has 0 atom stereocenters. The third kappa shape index (κ3) is 3.12. The van der Waals surface area contributed by atoms with Crippen LogP contribution in [0.5, 0.6) is 0 Å². The van der Waals surface area contributed by atoms with Crippen LogP contribution < -0.4 is 5.73 Å². The van der Waals surface area contributed by atoms with Crippen LogP contribution in [0.25, 0.3) is 0 Å². The maximum atomic E-state index is 5.87.